The van der Waals surface area contributed by atoms with Gasteiger partial charge in [-0.15, -0.1) is 0 Å². The van der Waals surface area contributed by atoms with E-state index in [2.05, 4.69) is 4.74 Å². The number of ether oxygens (including phenoxy) is 1. The van der Waals surface area contributed by atoms with Gasteiger partial charge in [-0.05, 0) is 0 Å². The first-order chi connectivity index (χ1) is 4.81. The quantitative estimate of drug-likeness (QED) is 0.328. The Balaban J connectivity index is 0. The molecule has 10 heavy (non-hydrogen) atoms. The van der Waals surface area contributed by atoms with E-state index in [4.69, 9.17) is 7.85 Å². The summed E-state index contributed by atoms with van der Waals surface area (Å²) >= 11 is 0. The highest BCUT2D eigenvalue weighted by atomic mass is 16.5. The maximum Gasteiger partial charge on any atom is 0.330 e. The average molecular weight is 140 g/mol. The molecule has 0 aromatic rings. The average Bonchev–Trinajstić information content (AvgIpc) is 2.04. The molecule has 0 N–H and O–H groups in total. The van der Waals surface area contributed by atoms with Crippen LogP contribution in [0.5, 0.6) is 0 Å². The Morgan fingerprint density at radius 1 is 1.60 bits per heavy atom. The highest BCUT2D eigenvalue weighted by Crippen LogP contribution is 1.79. The summed E-state index contributed by atoms with van der Waals surface area (Å²) in [6.45, 7) is 4.00. The van der Waals surface area contributed by atoms with Gasteiger partial charge in [0.25, 0.3) is 0 Å². The van der Waals surface area contributed by atoms with Gasteiger partial charge in [0.1, 0.15) is 0 Å². The number of allylic oxidation sites excluding steroid dienone is 1. The number of rotatable bonds is 2. The molecule has 0 aromatic heterocycles. The Morgan fingerprint density at radius 2 is 2.10 bits per heavy atom. The molecule has 0 bridgehead atoms. The molecule has 0 aromatic carbocycles. The van der Waals surface area contributed by atoms with Crippen LogP contribution < -0.4 is 0 Å². The zero-order valence-electron chi connectivity index (χ0n) is 6.76. The van der Waals surface area contributed by atoms with Crippen LogP contribution in [0.2, 0.25) is 6.32 Å². The van der Waals surface area contributed by atoms with Crippen molar-refractivity contribution in [2.45, 2.75) is 20.2 Å². The molecule has 0 heterocycles. The van der Waals surface area contributed by atoms with Gasteiger partial charge in [0.15, 0.2) is 0 Å². The monoisotopic (exact) mass is 140 g/mol. The van der Waals surface area contributed by atoms with Crippen molar-refractivity contribution in [3.63, 3.8) is 0 Å². The summed E-state index contributed by atoms with van der Waals surface area (Å²) in [7, 11) is 6.36. The normalized spacial score (nSPS) is 8.30. The van der Waals surface area contributed by atoms with Crippen LogP contribution in [0.1, 0.15) is 13.8 Å². The van der Waals surface area contributed by atoms with E-state index in [1.165, 1.54) is 19.3 Å². The molecular formula is C7H13BO2. The molecule has 2 radical (unpaired) electrons. The van der Waals surface area contributed by atoms with Gasteiger partial charge in [0.05, 0.1) is 15.0 Å². The molecule has 0 saturated heterocycles. The first kappa shape index (κ1) is 12.0. The number of carbonyl (C=O) groups excluding carboxylic acids is 1. The molecule has 56 valence electrons. The van der Waals surface area contributed by atoms with Crippen molar-refractivity contribution in [2.24, 2.45) is 0 Å². The Labute approximate surface area is 63.7 Å². The van der Waals surface area contributed by atoms with Crippen molar-refractivity contribution in [1.82, 2.24) is 0 Å². The Morgan fingerprint density at radius 3 is 2.40 bits per heavy atom. The number of esters is 1. The van der Waals surface area contributed by atoms with Crippen molar-refractivity contribution >= 4 is 13.8 Å². The second-order valence-electron chi connectivity index (χ2n) is 1.16. The third kappa shape index (κ3) is 10.3. The number of methoxy groups -OCH3 is 1. The molecule has 0 aliphatic carbocycles. The van der Waals surface area contributed by atoms with E-state index in [0.717, 1.165) is 0 Å². The molecule has 0 spiro atoms. The minimum absolute atomic E-state index is 0.365. The molecule has 0 aliphatic heterocycles. The second-order valence-corrected chi connectivity index (χ2v) is 1.16. The van der Waals surface area contributed by atoms with E-state index >= 15 is 0 Å². The van der Waals surface area contributed by atoms with Crippen molar-refractivity contribution < 1.29 is 9.53 Å². The molecule has 0 rings (SSSR count). The lowest BCUT2D eigenvalue weighted by Gasteiger charge is -1.86. The van der Waals surface area contributed by atoms with Gasteiger partial charge in [0.2, 0.25) is 0 Å². The maximum absolute atomic E-state index is 10.2. The summed E-state index contributed by atoms with van der Waals surface area (Å²) in [4.78, 5) is 10.2. The van der Waals surface area contributed by atoms with Crippen LogP contribution in [-0.2, 0) is 9.53 Å². The van der Waals surface area contributed by atoms with Crippen LogP contribution in [0.25, 0.3) is 0 Å². The molecule has 0 saturated carbocycles. The van der Waals surface area contributed by atoms with Crippen LogP contribution in [-0.4, -0.2) is 20.9 Å². The largest absolute Gasteiger partial charge is 0.466 e. The van der Waals surface area contributed by atoms with E-state index < -0.39 is 0 Å². The first-order valence-electron chi connectivity index (χ1n) is 3.26. The van der Waals surface area contributed by atoms with Crippen molar-refractivity contribution in [3.8, 4) is 0 Å². The van der Waals surface area contributed by atoms with Crippen molar-refractivity contribution in [2.75, 3.05) is 7.11 Å². The van der Waals surface area contributed by atoms with Crippen molar-refractivity contribution in [1.29, 1.82) is 0 Å². The number of hydrogen-bond donors (Lipinski definition) is 0. The summed E-state index contributed by atoms with van der Waals surface area (Å²) in [6, 6.07) is 0. The lowest BCUT2D eigenvalue weighted by molar-refractivity contribution is -0.134. The van der Waals surface area contributed by atoms with Crippen LogP contribution in [0.4, 0.5) is 0 Å². The highest BCUT2D eigenvalue weighted by Gasteiger charge is 1.85. The molecule has 0 unspecified atom stereocenters. The fraction of sp³-hybridized carbons (Fsp3) is 0.571. The molecule has 2 nitrogen and oxygen atoms in total. The molecular weight excluding hydrogens is 127 g/mol. The van der Waals surface area contributed by atoms with Crippen LogP contribution >= 0.6 is 0 Å². The summed E-state index contributed by atoms with van der Waals surface area (Å²) in [5, 5.41) is 0. The lowest BCUT2D eigenvalue weighted by atomic mass is 10.1. The van der Waals surface area contributed by atoms with Crippen molar-refractivity contribution in [3.05, 3.63) is 12.2 Å². The molecule has 3 heteroatoms. The minimum atomic E-state index is -0.365. The summed E-state index contributed by atoms with van der Waals surface area (Å²) < 4.78 is 4.27. The zero-order chi connectivity index (χ0) is 8.41. The first-order valence-corrected chi connectivity index (χ1v) is 3.26. The smallest absolute Gasteiger partial charge is 0.330 e. The fourth-order valence-electron chi connectivity index (χ4n) is 0.232. The predicted molar refractivity (Wildman–Crippen MR) is 43.1 cm³/mol. The Hall–Kier alpha value is -0.725. The van der Waals surface area contributed by atoms with Gasteiger partial charge in [0, 0.05) is 6.08 Å². The molecule has 0 amide bonds. The van der Waals surface area contributed by atoms with E-state index in [1.54, 1.807) is 0 Å². The predicted octanol–water partition coefficient (Wildman–Crippen LogP) is 1.33. The third-order valence-corrected chi connectivity index (χ3v) is 0.591. The van der Waals surface area contributed by atoms with Crippen LogP contribution in [0, 0.1) is 0 Å². The van der Waals surface area contributed by atoms with Crippen LogP contribution in [0.15, 0.2) is 12.2 Å². The second kappa shape index (κ2) is 11.1. The third-order valence-electron chi connectivity index (χ3n) is 0.591. The topological polar surface area (TPSA) is 26.3 Å². The van der Waals surface area contributed by atoms with E-state index in [-0.39, 0.29) is 5.97 Å². The van der Waals surface area contributed by atoms with Gasteiger partial charge in [-0.25, -0.2) is 4.79 Å². The summed E-state index contributed by atoms with van der Waals surface area (Å²) in [5.41, 5.74) is 0. The minimum Gasteiger partial charge on any atom is -0.466 e. The number of hydrogen-bond acceptors (Lipinski definition) is 2. The highest BCUT2D eigenvalue weighted by molar-refractivity contribution is 6.09. The van der Waals surface area contributed by atoms with Gasteiger partial charge >= 0.3 is 5.97 Å². The van der Waals surface area contributed by atoms with Gasteiger partial charge in [-0.1, -0.05) is 26.2 Å². The van der Waals surface area contributed by atoms with Gasteiger partial charge in [-0.3, -0.25) is 0 Å². The van der Waals surface area contributed by atoms with E-state index in [9.17, 15) is 4.79 Å². The molecule has 0 atom stereocenters. The standard InChI is InChI=1S/C5H7BO2.C2H6/c1-8-5(7)3-2-4-6;1-2/h2-3H,4H2,1H3;1-2H3/b3-2+;. The molecule has 0 aliphatic rings. The maximum atomic E-state index is 10.2. The lowest BCUT2D eigenvalue weighted by Crippen LogP contribution is -1.92. The number of carbonyl (C=O) groups is 1. The van der Waals surface area contributed by atoms with E-state index in [0.29, 0.717) is 6.32 Å². The van der Waals surface area contributed by atoms with Crippen LogP contribution in [0.3, 0.4) is 0 Å². The summed E-state index contributed by atoms with van der Waals surface area (Å²) in [5.74, 6) is -0.365. The van der Waals surface area contributed by atoms with Gasteiger partial charge < -0.3 is 4.74 Å². The summed E-state index contributed by atoms with van der Waals surface area (Å²) in [6.07, 6.45) is 3.20. The SMILES string of the molecule is CC.[B]C/C=C/C(=O)OC. The fourth-order valence-corrected chi connectivity index (χ4v) is 0.232. The Kier molecular flexibility index (Phi) is 13.3. The zero-order valence-corrected chi connectivity index (χ0v) is 6.76. The van der Waals surface area contributed by atoms with Gasteiger partial charge in [-0.2, -0.15) is 0 Å². The Bertz CT molecular complexity index is 99.8. The van der Waals surface area contributed by atoms with E-state index in [1.807, 2.05) is 13.8 Å². The molecule has 0 fully saturated rings.